The van der Waals surface area contributed by atoms with Crippen LogP contribution in [-0.4, -0.2) is 58.6 Å². The summed E-state index contributed by atoms with van der Waals surface area (Å²) < 4.78 is 5.18. The Labute approximate surface area is 231 Å². The summed E-state index contributed by atoms with van der Waals surface area (Å²) in [7, 11) is 1.39. The van der Waals surface area contributed by atoms with E-state index in [0.717, 1.165) is 0 Å². The molecule has 0 saturated heterocycles. The van der Waals surface area contributed by atoms with Crippen molar-refractivity contribution >= 4 is 29.3 Å². The van der Waals surface area contributed by atoms with Gasteiger partial charge in [0.05, 0.1) is 12.7 Å². The van der Waals surface area contributed by atoms with Crippen LogP contribution in [0.4, 0.5) is 5.69 Å². The number of carbonyl (C=O) groups is 3. The van der Waals surface area contributed by atoms with E-state index in [-0.39, 0.29) is 57.7 Å². The maximum Gasteiger partial charge on any atom is 0.336 e. The molecule has 210 valence electrons. The van der Waals surface area contributed by atoms with E-state index in [2.05, 4.69) is 15.6 Å². The first-order valence-corrected chi connectivity index (χ1v) is 12.5. The first kappa shape index (κ1) is 29.8. The number of rotatable bonds is 10. The topological polar surface area (TPSA) is 188 Å². The number of amidine groups is 1. The van der Waals surface area contributed by atoms with Gasteiger partial charge in [0.2, 0.25) is 5.88 Å². The molecular weight excluding hydrogens is 514 g/mol. The Morgan fingerprint density at radius 1 is 1.00 bits per heavy atom. The molecule has 40 heavy (non-hydrogen) atoms. The number of carboxylic acid groups (broad SMARTS) is 1. The second-order valence-corrected chi connectivity index (χ2v) is 10.2. The van der Waals surface area contributed by atoms with Crippen molar-refractivity contribution in [3.63, 3.8) is 0 Å². The molecule has 0 radical (unpaired) electrons. The molecule has 0 spiro atoms. The van der Waals surface area contributed by atoms with Gasteiger partial charge in [-0.25, -0.2) is 9.78 Å². The van der Waals surface area contributed by atoms with E-state index in [9.17, 15) is 24.6 Å². The Balaban J connectivity index is 2.01. The molecule has 7 N–H and O–H groups in total. The number of nitrogens with one attached hydrogen (secondary N) is 3. The zero-order valence-corrected chi connectivity index (χ0v) is 22.7. The van der Waals surface area contributed by atoms with Crippen LogP contribution in [0, 0.1) is 10.8 Å². The maximum atomic E-state index is 13.3. The fourth-order valence-corrected chi connectivity index (χ4v) is 4.06. The number of nitrogens with two attached hydrogens (primary N) is 1. The maximum absolute atomic E-state index is 13.3. The molecule has 0 aliphatic rings. The third-order valence-corrected chi connectivity index (χ3v) is 6.32. The van der Waals surface area contributed by atoms with Crippen molar-refractivity contribution in [2.24, 2.45) is 11.1 Å². The minimum Gasteiger partial charge on any atom is -0.481 e. The summed E-state index contributed by atoms with van der Waals surface area (Å²) in [6.45, 7) is 5.68. The van der Waals surface area contributed by atoms with E-state index in [1.54, 1.807) is 24.3 Å². The van der Waals surface area contributed by atoms with Crippen molar-refractivity contribution in [1.82, 2.24) is 10.3 Å². The molecule has 0 saturated carbocycles. The number of aliphatic hydroxyl groups excluding tert-OH is 1. The number of benzene rings is 2. The van der Waals surface area contributed by atoms with Gasteiger partial charge in [-0.1, -0.05) is 26.8 Å². The fourth-order valence-electron chi connectivity index (χ4n) is 4.06. The number of pyridine rings is 1. The summed E-state index contributed by atoms with van der Waals surface area (Å²) in [6, 6.07) is 13.2. The van der Waals surface area contributed by atoms with Gasteiger partial charge < -0.3 is 31.3 Å². The SMILES string of the molecule is COc1ccc(-c2ccc(C(=O)NC(CCO)C(C)(C)C)cc2C(=O)O)c(C(=O)Nc2ccc(C(=N)N)cc2)n1. The number of aromatic nitrogens is 1. The predicted octanol–water partition coefficient (Wildman–Crippen LogP) is 3.52. The lowest BCUT2D eigenvalue weighted by Gasteiger charge is -2.31. The fraction of sp³-hybridized carbons (Fsp3) is 0.276. The van der Waals surface area contributed by atoms with Crippen LogP contribution in [0.2, 0.25) is 0 Å². The number of nitrogens with zero attached hydrogens (tertiary/aromatic N) is 1. The summed E-state index contributed by atoms with van der Waals surface area (Å²) in [5.41, 5.74) is 6.27. The van der Waals surface area contributed by atoms with Gasteiger partial charge in [0.15, 0.2) is 0 Å². The largest absolute Gasteiger partial charge is 0.481 e. The molecule has 2 amide bonds. The molecule has 1 aromatic heterocycles. The van der Waals surface area contributed by atoms with E-state index < -0.39 is 17.8 Å². The van der Waals surface area contributed by atoms with Crippen molar-refractivity contribution in [2.75, 3.05) is 19.0 Å². The van der Waals surface area contributed by atoms with Gasteiger partial charge in [-0.05, 0) is 59.9 Å². The van der Waals surface area contributed by atoms with Crippen molar-refractivity contribution in [3.8, 4) is 17.0 Å². The molecule has 0 aliphatic heterocycles. The van der Waals surface area contributed by atoms with Gasteiger partial charge in [-0.2, -0.15) is 0 Å². The lowest BCUT2D eigenvalue weighted by Crippen LogP contribution is -2.44. The number of hydrogen-bond donors (Lipinski definition) is 6. The first-order chi connectivity index (χ1) is 18.8. The van der Waals surface area contributed by atoms with Gasteiger partial charge in [-0.3, -0.25) is 15.0 Å². The van der Waals surface area contributed by atoms with E-state index in [1.165, 1.54) is 37.4 Å². The van der Waals surface area contributed by atoms with Gasteiger partial charge in [0.1, 0.15) is 11.5 Å². The van der Waals surface area contributed by atoms with Gasteiger partial charge in [-0.15, -0.1) is 0 Å². The van der Waals surface area contributed by atoms with Gasteiger partial charge in [0, 0.05) is 41.1 Å². The minimum atomic E-state index is -1.30. The normalized spacial score (nSPS) is 11.8. The molecule has 3 rings (SSSR count). The molecule has 3 aromatic rings. The van der Waals surface area contributed by atoms with Crippen LogP contribution in [0.5, 0.6) is 5.88 Å². The third kappa shape index (κ3) is 7.00. The van der Waals surface area contributed by atoms with E-state index in [0.29, 0.717) is 17.7 Å². The van der Waals surface area contributed by atoms with Crippen LogP contribution >= 0.6 is 0 Å². The molecular formula is C29H33N5O6. The zero-order chi connectivity index (χ0) is 29.6. The number of aliphatic hydroxyl groups is 1. The van der Waals surface area contributed by atoms with Crippen LogP contribution in [0.25, 0.3) is 11.1 Å². The van der Waals surface area contributed by atoms with Crippen LogP contribution in [-0.2, 0) is 0 Å². The molecule has 1 unspecified atom stereocenters. The highest BCUT2D eigenvalue weighted by Gasteiger charge is 2.27. The Morgan fingerprint density at radius 2 is 1.62 bits per heavy atom. The quantitative estimate of drug-likeness (QED) is 0.164. The number of carboxylic acids is 1. The zero-order valence-electron chi connectivity index (χ0n) is 22.7. The first-order valence-electron chi connectivity index (χ1n) is 12.5. The molecule has 0 bridgehead atoms. The Kier molecular flexibility index (Phi) is 9.23. The number of anilines is 1. The molecule has 11 nitrogen and oxygen atoms in total. The molecule has 0 fully saturated rings. The minimum absolute atomic E-state index is 0.0922. The van der Waals surface area contributed by atoms with Gasteiger partial charge >= 0.3 is 5.97 Å². The highest BCUT2D eigenvalue weighted by Crippen LogP contribution is 2.30. The van der Waals surface area contributed by atoms with Crippen molar-refractivity contribution < 1.29 is 29.3 Å². The monoisotopic (exact) mass is 547 g/mol. The second kappa shape index (κ2) is 12.4. The molecule has 11 heteroatoms. The summed E-state index contributed by atoms with van der Waals surface area (Å²) in [4.78, 5) is 42.9. The average Bonchev–Trinajstić information content (AvgIpc) is 2.91. The number of hydrogen-bond acceptors (Lipinski definition) is 7. The van der Waals surface area contributed by atoms with Crippen molar-refractivity contribution in [3.05, 3.63) is 77.0 Å². The number of nitrogen functional groups attached to an aromatic ring is 1. The molecule has 0 aliphatic carbocycles. The van der Waals surface area contributed by atoms with E-state index in [4.69, 9.17) is 15.9 Å². The van der Waals surface area contributed by atoms with E-state index in [1.807, 2.05) is 20.8 Å². The summed E-state index contributed by atoms with van der Waals surface area (Å²) in [5.74, 6) is -2.38. The summed E-state index contributed by atoms with van der Waals surface area (Å²) in [5, 5.41) is 32.5. The van der Waals surface area contributed by atoms with Crippen LogP contribution in [0.3, 0.4) is 0 Å². The summed E-state index contributed by atoms with van der Waals surface area (Å²) >= 11 is 0. The molecule has 1 heterocycles. The lowest BCUT2D eigenvalue weighted by molar-refractivity contribution is 0.0697. The number of carbonyl (C=O) groups excluding carboxylic acids is 2. The third-order valence-electron chi connectivity index (χ3n) is 6.32. The van der Waals surface area contributed by atoms with Crippen molar-refractivity contribution in [2.45, 2.75) is 33.2 Å². The van der Waals surface area contributed by atoms with E-state index >= 15 is 0 Å². The van der Waals surface area contributed by atoms with Crippen molar-refractivity contribution in [1.29, 1.82) is 5.41 Å². The van der Waals surface area contributed by atoms with Crippen LogP contribution < -0.4 is 21.1 Å². The highest BCUT2D eigenvalue weighted by atomic mass is 16.5. The number of aromatic carboxylic acids is 1. The number of ether oxygens (including phenoxy) is 1. The average molecular weight is 548 g/mol. The van der Waals surface area contributed by atoms with Gasteiger partial charge in [0.25, 0.3) is 11.8 Å². The predicted molar refractivity (Wildman–Crippen MR) is 151 cm³/mol. The molecule has 2 aromatic carbocycles. The smallest absolute Gasteiger partial charge is 0.336 e. The Hall–Kier alpha value is -4.77. The lowest BCUT2D eigenvalue weighted by atomic mass is 9.84. The molecule has 1 atom stereocenters. The number of methoxy groups -OCH3 is 1. The Bertz CT molecular complexity index is 1430. The highest BCUT2D eigenvalue weighted by molar-refractivity contribution is 6.10. The standard InChI is InChI=1S/C29H33N5O6/c1-29(2,3)22(13-14-35)33-26(36)17-7-10-19(21(15-17)28(38)39)20-11-12-23(40-4)34-24(20)27(37)32-18-8-5-16(6-9-18)25(30)31/h5-12,15,22,35H,13-14H2,1-4H3,(H3,30,31)(H,32,37)(H,33,36)(H,38,39). The second-order valence-electron chi connectivity index (χ2n) is 10.2. The Morgan fingerprint density at radius 3 is 2.17 bits per heavy atom. The van der Waals surface area contributed by atoms with Crippen LogP contribution in [0.15, 0.2) is 54.6 Å². The van der Waals surface area contributed by atoms with Crippen LogP contribution in [0.1, 0.15) is 64.0 Å². The summed E-state index contributed by atoms with van der Waals surface area (Å²) in [6.07, 6.45) is 0.340. The number of amides is 2.